The summed E-state index contributed by atoms with van der Waals surface area (Å²) in [4.78, 5) is 24.5. The van der Waals surface area contributed by atoms with Crippen LogP contribution in [0.2, 0.25) is 10.0 Å². The maximum atomic E-state index is 13.0. The molecule has 1 atom stereocenters. The molecule has 10 heteroatoms. The van der Waals surface area contributed by atoms with E-state index in [9.17, 15) is 14.7 Å². The zero-order chi connectivity index (χ0) is 21.1. The van der Waals surface area contributed by atoms with Crippen LogP contribution in [0.4, 0.5) is 10.5 Å². The highest BCUT2D eigenvalue weighted by Gasteiger charge is 2.25. The first-order valence-corrected chi connectivity index (χ1v) is 9.10. The number of benzene rings is 2. The number of urea groups is 1. The number of anilines is 1. The van der Waals surface area contributed by atoms with Crippen LogP contribution in [0.5, 0.6) is 5.75 Å². The predicted molar refractivity (Wildman–Crippen MR) is 108 cm³/mol. The van der Waals surface area contributed by atoms with Crippen molar-refractivity contribution in [3.8, 4) is 5.75 Å². The number of nitrogens with one attached hydrogen (secondary N) is 1. The number of hydrogen-bond donors (Lipinski definition) is 4. The maximum Gasteiger partial charge on any atom is 0.316 e. The second-order valence-corrected chi connectivity index (χ2v) is 6.82. The summed E-state index contributed by atoms with van der Waals surface area (Å²) in [7, 11) is 0. The summed E-state index contributed by atoms with van der Waals surface area (Å²) in [6.45, 7) is -0.590. The van der Waals surface area contributed by atoms with Crippen LogP contribution in [0.1, 0.15) is 16.1 Å². The molecule has 0 spiro atoms. The molecule has 3 rings (SSSR count). The van der Waals surface area contributed by atoms with E-state index in [1.165, 1.54) is 18.2 Å². The van der Waals surface area contributed by atoms with Crippen LogP contribution in [0.25, 0.3) is 11.0 Å². The Hall–Kier alpha value is -2.78. The van der Waals surface area contributed by atoms with Gasteiger partial charge in [-0.3, -0.25) is 4.79 Å². The number of carbonyl (C=O) groups excluding carboxylic acids is 2. The molecule has 2 amide bonds. The minimum Gasteiger partial charge on any atom is -0.491 e. The molecule has 2 aromatic carbocycles. The number of halogens is 2. The average molecular weight is 439 g/mol. The molecule has 5 N–H and O–H groups in total. The van der Waals surface area contributed by atoms with Gasteiger partial charge in [0.25, 0.3) is 0 Å². The van der Waals surface area contributed by atoms with Crippen LogP contribution < -0.4 is 15.8 Å². The molecule has 0 aliphatic carbocycles. The highest BCUT2D eigenvalue weighted by molar-refractivity contribution is 6.44. The first-order chi connectivity index (χ1) is 13.8. The van der Waals surface area contributed by atoms with Crippen molar-refractivity contribution in [1.82, 2.24) is 0 Å². The van der Waals surface area contributed by atoms with E-state index in [1.807, 2.05) is 0 Å². The Morgan fingerprint density at radius 1 is 1.24 bits per heavy atom. The van der Waals surface area contributed by atoms with Crippen molar-refractivity contribution in [2.75, 3.05) is 18.5 Å². The molecule has 152 valence electrons. The third kappa shape index (κ3) is 4.46. The van der Waals surface area contributed by atoms with Gasteiger partial charge >= 0.3 is 6.03 Å². The minimum absolute atomic E-state index is 0.0478. The van der Waals surface area contributed by atoms with Gasteiger partial charge in [-0.15, -0.1) is 0 Å². The number of fused-ring (bicyclic) bond motifs is 1. The van der Waals surface area contributed by atoms with E-state index in [2.05, 4.69) is 5.32 Å². The Bertz CT molecular complexity index is 1080. The fraction of sp³-hybridized carbons (Fsp3) is 0.158. The highest BCUT2D eigenvalue weighted by Crippen LogP contribution is 2.36. The number of furan rings is 1. The number of rotatable bonds is 7. The summed E-state index contributed by atoms with van der Waals surface area (Å²) in [5.41, 5.74) is 5.63. The standard InChI is InChI=1S/C19H16Cl2N2O6/c20-13-3-1-2-12(15(13)21)17(26)18-16(23-19(22)27)11-5-4-10(6-14(11)29-18)28-8-9(25)7-24/h1-6,9,24-25H,7-8H2,(H3,22,23,27). The second-order valence-electron chi connectivity index (χ2n) is 6.03. The van der Waals surface area contributed by atoms with Crippen LogP contribution in [0, 0.1) is 0 Å². The van der Waals surface area contributed by atoms with Gasteiger partial charge in [0.2, 0.25) is 5.78 Å². The first kappa shape index (κ1) is 20.9. The molecule has 1 unspecified atom stereocenters. The molecule has 1 aromatic heterocycles. The molecule has 0 aliphatic heterocycles. The zero-order valence-corrected chi connectivity index (χ0v) is 16.3. The molecule has 3 aromatic rings. The van der Waals surface area contributed by atoms with E-state index in [-0.39, 0.29) is 39.2 Å². The second kappa shape index (κ2) is 8.71. The van der Waals surface area contributed by atoms with E-state index in [4.69, 9.17) is 43.2 Å². The summed E-state index contributed by atoms with van der Waals surface area (Å²) in [6, 6.07) is 8.27. The summed E-state index contributed by atoms with van der Waals surface area (Å²) in [6.07, 6.45) is -1.04. The van der Waals surface area contributed by atoms with Crippen molar-refractivity contribution in [3.63, 3.8) is 0 Å². The topological polar surface area (TPSA) is 135 Å². The van der Waals surface area contributed by atoms with Crippen LogP contribution >= 0.6 is 23.2 Å². The Morgan fingerprint density at radius 2 is 2.00 bits per heavy atom. The van der Waals surface area contributed by atoms with E-state index in [0.29, 0.717) is 11.1 Å². The molecule has 0 aliphatic rings. The van der Waals surface area contributed by atoms with Crippen molar-refractivity contribution in [2.45, 2.75) is 6.10 Å². The van der Waals surface area contributed by atoms with Crippen LogP contribution in [0.15, 0.2) is 40.8 Å². The number of carbonyl (C=O) groups is 2. The first-order valence-electron chi connectivity index (χ1n) is 8.35. The molecule has 0 saturated carbocycles. The SMILES string of the molecule is NC(=O)Nc1c(C(=O)c2cccc(Cl)c2Cl)oc2cc(OCC(O)CO)ccc12. The van der Waals surface area contributed by atoms with Gasteiger partial charge in [-0.25, -0.2) is 4.79 Å². The monoisotopic (exact) mass is 438 g/mol. The smallest absolute Gasteiger partial charge is 0.316 e. The Balaban J connectivity index is 2.06. The van der Waals surface area contributed by atoms with Crippen molar-refractivity contribution in [2.24, 2.45) is 5.73 Å². The summed E-state index contributed by atoms with van der Waals surface area (Å²) >= 11 is 12.1. The van der Waals surface area contributed by atoms with Crippen LogP contribution in [-0.4, -0.2) is 41.3 Å². The number of primary amides is 1. The Labute approximate surface area is 174 Å². The van der Waals surface area contributed by atoms with Gasteiger partial charge in [-0.1, -0.05) is 29.3 Å². The number of aliphatic hydroxyl groups excluding tert-OH is 2. The lowest BCUT2D eigenvalue weighted by molar-refractivity contribution is 0.0536. The average Bonchev–Trinajstić information content (AvgIpc) is 3.04. The van der Waals surface area contributed by atoms with Crippen molar-refractivity contribution in [1.29, 1.82) is 0 Å². The van der Waals surface area contributed by atoms with Gasteiger partial charge in [0.15, 0.2) is 5.76 Å². The Morgan fingerprint density at radius 3 is 2.69 bits per heavy atom. The molecule has 1 heterocycles. The highest BCUT2D eigenvalue weighted by atomic mass is 35.5. The lowest BCUT2D eigenvalue weighted by atomic mass is 10.1. The lowest BCUT2D eigenvalue weighted by Crippen LogP contribution is -2.21. The van der Waals surface area contributed by atoms with Crippen molar-refractivity contribution in [3.05, 3.63) is 57.8 Å². The largest absolute Gasteiger partial charge is 0.491 e. The maximum absolute atomic E-state index is 13.0. The molecular formula is C19H16Cl2N2O6. The summed E-state index contributed by atoms with van der Waals surface area (Å²) < 4.78 is 11.0. The lowest BCUT2D eigenvalue weighted by Gasteiger charge is -2.09. The number of ether oxygens (including phenoxy) is 1. The molecule has 29 heavy (non-hydrogen) atoms. The zero-order valence-electron chi connectivity index (χ0n) is 14.8. The van der Waals surface area contributed by atoms with Crippen molar-refractivity contribution >= 4 is 51.7 Å². The van der Waals surface area contributed by atoms with Gasteiger partial charge in [0, 0.05) is 17.0 Å². The van der Waals surface area contributed by atoms with Gasteiger partial charge in [0.1, 0.15) is 29.7 Å². The number of aliphatic hydroxyl groups is 2. The van der Waals surface area contributed by atoms with E-state index >= 15 is 0 Å². The van der Waals surface area contributed by atoms with E-state index < -0.39 is 24.5 Å². The number of hydrogen-bond acceptors (Lipinski definition) is 6. The number of nitrogens with two attached hydrogens (primary N) is 1. The number of ketones is 1. The van der Waals surface area contributed by atoms with Crippen LogP contribution in [-0.2, 0) is 0 Å². The molecule has 0 saturated heterocycles. The van der Waals surface area contributed by atoms with E-state index in [0.717, 1.165) is 0 Å². The van der Waals surface area contributed by atoms with Crippen molar-refractivity contribution < 1.29 is 29.0 Å². The fourth-order valence-electron chi connectivity index (χ4n) is 2.62. The molecular weight excluding hydrogens is 423 g/mol. The summed E-state index contributed by atoms with van der Waals surface area (Å²) in [5, 5.41) is 21.3. The fourth-order valence-corrected chi connectivity index (χ4v) is 3.01. The predicted octanol–water partition coefficient (Wildman–Crippen LogP) is 3.19. The molecule has 0 radical (unpaired) electrons. The normalized spacial score (nSPS) is 12.0. The van der Waals surface area contributed by atoms with Crippen LogP contribution in [0.3, 0.4) is 0 Å². The quantitative estimate of drug-likeness (QED) is 0.418. The molecule has 0 fully saturated rings. The van der Waals surface area contributed by atoms with E-state index in [1.54, 1.807) is 18.2 Å². The van der Waals surface area contributed by atoms with Gasteiger partial charge < -0.3 is 30.4 Å². The van der Waals surface area contributed by atoms with Gasteiger partial charge in [-0.2, -0.15) is 0 Å². The molecule has 8 nitrogen and oxygen atoms in total. The van der Waals surface area contributed by atoms with Gasteiger partial charge in [0.05, 0.1) is 16.7 Å². The van der Waals surface area contributed by atoms with Gasteiger partial charge in [-0.05, 0) is 24.3 Å². The number of amides is 2. The minimum atomic E-state index is -1.04. The third-order valence-corrected chi connectivity index (χ3v) is 4.78. The summed E-state index contributed by atoms with van der Waals surface area (Å²) in [5.74, 6) is -0.463. The third-order valence-electron chi connectivity index (χ3n) is 3.97. The Kier molecular flexibility index (Phi) is 6.29. The molecule has 0 bridgehead atoms.